The van der Waals surface area contributed by atoms with E-state index in [-0.39, 0.29) is 0 Å². The number of ether oxygens (including phenoxy) is 1. The molecule has 0 radical (unpaired) electrons. The molecule has 0 aliphatic carbocycles. The summed E-state index contributed by atoms with van der Waals surface area (Å²) in [4.78, 5) is 2.44. The van der Waals surface area contributed by atoms with Gasteiger partial charge >= 0.3 is 0 Å². The van der Waals surface area contributed by atoms with Gasteiger partial charge in [-0.3, -0.25) is 4.90 Å². The molecule has 1 unspecified atom stereocenters. The molecule has 3 nitrogen and oxygen atoms in total. The van der Waals surface area contributed by atoms with Gasteiger partial charge in [-0.1, -0.05) is 42.5 Å². The van der Waals surface area contributed by atoms with Crippen molar-refractivity contribution in [1.82, 2.24) is 4.90 Å². The fraction of sp³-hybridized carbons (Fsp3) is 0.333. The first-order valence-electron chi connectivity index (χ1n) is 7.58. The molecule has 1 atom stereocenters. The quantitative estimate of drug-likeness (QED) is 0.916. The van der Waals surface area contributed by atoms with Crippen LogP contribution < -0.4 is 10.5 Å². The van der Waals surface area contributed by atoms with E-state index in [0.717, 1.165) is 25.3 Å². The zero-order valence-corrected chi connectivity index (χ0v) is 12.2. The molecule has 1 aliphatic heterocycles. The lowest BCUT2D eigenvalue weighted by atomic mass is 9.92. The Bertz CT molecular complexity index is 570. The van der Waals surface area contributed by atoms with Gasteiger partial charge in [0.15, 0.2) is 0 Å². The van der Waals surface area contributed by atoms with Gasteiger partial charge in [-0.15, -0.1) is 0 Å². The molecule has 0 saturated carbocycles. The van der Waals surface area contributed by atoms with E-state index in [0.29, 0.717) is 19.2 Å². The van der Waals surface area contributed by atoms with Crippen LogP contribution in [-0.2, 0) is 6.42 Å². The summed E-state index contributed by atoms with van der Waals surface area (Å²) in [7, 11) is 0. The average molecular weight is 282 g/mol. The highest BCUT2D eigenvalue weighted by atomic mass is 16.5. The van der Waals surface area contributed by atoms with Gasteiger partial charge in [0.05, 0.1) is 0 Å². The second kappa shape index (κ2) is 6.74. The van der Waals surface area contributed by atoms with E-state index < -0.39 is 0 Å². The maximum atomic E-state index is 6.01. The predicted octanol–water partition coefficient (Wildman–Crippen LogP) is 2.62. The number of fused-ring (bicyclic) bond motifs is 1. The molecule has 0 amide bonds. The summed E-state index contributed by atoms with van der Waals surface area (Å²) >= 11 is 0. The van der Waals surface area contributed by atoms with E-state index in [4.69, 9.17) is 10.5 Å². The standard InChI is InChI=1S/C18H22N2O/c19-14-18-17-9-5-4-6-15(17)10-11-20(18)12-13-21-16-7-2-1-3-8-16/h1-9,18H,10-14,19H2. The number of para-hydroxylation sites is 1. The number of benzene rings is 2. The molecule has 0 aromatic heterocycles. The van der Waals surface area contributed by atoms with E-state index in [1.807, 2.05) is 30.3 Å². The van der Waals surface area contributed by atoms with Crippen LogP contribution in [0.4, 0.5) is 0 Å². The lowest BCUT2D eigenvalue weighted by Crippen LogP contribution is -2.41. The van der Waals surface area contributed by atoms with Crippen molar-refractivity contribution in [2.75, 3.05) is 26.2 Å². The highest BCUT2D eigenvalue weighted by molar-refractivity contribution is 5.32. The second-order valence-electron chi connectivity index (χ2n) is 5.40. The Labute approximate surface area is 126 Å². The van der Waals surface area contributed by atoms with Crippen molar-refractivity contribution in [2.45, 2.75) is 12.5 Å². The molecule has 0 saturated heterocycles. The van der Waals surface area contributed by atoms with Crippen LogP contribution in [0.5, 0.6) is 5.75 Å². The molecule has 110 valence electrons. The Hall–Kier alpha value is -1.84. The summed E-state index contributed by atoms with van der Waals surface area (Å²) in [6.07, 6.45) is 1.10. The number of nitrogens with two attached hydrogens (primary N) is 1. The Balaban J connectivity index is 1.61. The smallest absolute Gasteiger partial charge is 0.119 e. The van der Waals surface area contributed by atoms with Crippen LogP contribution in [0.25, 0.3) is 0 Å². The van der Waals surface area contributed by atoms with Crippen molar-refractivity contribution >= 4 is 0 Å². The van der Waals surface area contributed by atoms with Gasteiger partial charge in [-0.2, -0.15) is 0 Å². The van der Waals surface area contributed by atoms with Gasteiger partial charge in [-0.25, -0.2) is 0 Å². The Morgan fingerprint density at radius 3 is 2.62 bits per heavy atom. The van der Waals surface area contributed by atoms with Gasteiger partial charge in [0.25, 0.3) is 0 Å². The SMILES string of the molecule is NCC1c2ccccc2CCN1CCOc1ccccc1. The van der Waals surface area contributed by atoms with Gasteiger partial charge in [0, 0.05) is 25.7 Å². The van der Waals surface area contributed by atoms with Crippen LogP contribution >= 0.6 is 0 Å². The van der Waals surface area contributed by atoms with Crippen molar-refractivity contribution in [3.8, 4) is 5.75 Å². The largest absolute Gasteiger partial charge is 0.492 e. The van der Waals surface area contributed by atoms with E-state index in [2.05, 4.69) is 29.2 Å². The van der Waals surface area contributed by atoms with Crippen LogP contribution in [0.3, 0.4) is 0 Å². The Kier molecular flexibility index (Phi) is 4.53. The van der Waals surface area contributed by atoms with Crippen LogP contribution in [0.15, 0.2) is 54.6 Å². The summed E-state index contributed by atoms with van der Waals surface area (Å²) < 4.78 is 5.81. The maximum Gasteiger partial charge on any atom is 0.119 e. The molecule has 21 heavy (non-hydrogen) atoms. The average Bonchev–Trinajstić information content (AvgIpc) is 2.55. The summed E-state index contributed by atoms with van der Waals surface area (Å²) in [6.45, 7) is 3.31. The van der Waals surface area contributed by atoms with E-state index >= 15 is 0 Å². The zero-order valence-electron chi connectivity index (χ0n) is 12.2. The van der Waals surface area contributed by atoms with E-state index in [9.17, 15) is 0 Å². The molecule has 3 rings (SSSR count). The predicted molar refractivity (Wildman–Crippen MR) is 85.5 cm³/mol. The highest BCUT2D eigenvalue weighted by Crippen LogP contribution is 2.28. The molecule has 3 heteroatoms. The minimum Gasteiger partial charge on any atom is -0.492 e. The number of rotatable bonds is 5. The summed E-state index contributed by atoms with van der Waals surface area (Å²) in [6, 6.07) is 18.9. The van der Waals surface area contributed by atoms with E-state index in [1.165, 1.54) is 11.1 Å². The molecular formula is C18H22N2O. The fourth-order valence-electron chi connectivity index (χ4n) is 3.04. The third-order valence-corrected chi connectivity index (χ3v) is 4.14. The van der Waals surface area contributed by atoms with Gasteiger partial charge in [-0.05, 0) is 29.7 Å². The minimum atomic E-state index is 0.314. The van der Waals surface area contributed by atoms with Crippen molar-refractivity contribution < 1.29 is 4.74 Å². The fourth-order valence-corrected chi connectivity index (χ4v) is 3.04. The first-order chi connectivity index (χ1) is 10.4. The molecule has 0 fully saturated rings. The number of hydrogen-bond acceptors (Lipinski definition) is 3. The molecule has 1 aliphatic rings. The third kappa shape index (κ3) is 3.26. The van der Waals surface area contributed by atoms with Crippen molar-refractivity contribution in [3.63, 3.8) is 0 Å². The zero-order chi connectivity index (χ0) is 14.5. The molecule has 1 heterocycles. The van der Waals surface area contributed by atoms with Crippen molar-refractivity contribution in [3.05, 3.63) is 65.7 Å². The first kappa shape index (κ1) is 14.1. The lowest BCUT2D eigenvalue weighted by Gasteiger charge is -2.36. The second-order valence-corrected chi connectivity index (χ2v) is 5.40. The Morgan fingerprint density at radius 2 is 1.81 bits per heavy atom. The van der Waals surface area contributed by atoms with Gasteiger partial charge in [0.2, 0.25) is 0 Å². The normalized spacial score (nSPS) is 18.2. The van der Waals surface area contributed by atoms with Crippen molar-refractivity contribution in [2.24, 2.45) is 5.73 Å². The van der Waals surface area contributed by atoms with Crippen molar-refractivity contribution in [1.29, 1.82) is 0 Å². The maximum absolute atomic E-state index is 6.01. The molecule has 2 aromatic carbocycles. The van der Waals surface area contributed by atoms with Crippen LogP contribution in [0.1, 0.15) is 17.2 Å². The van der Waals surface area contributed by atoms with Crippen LogP contribution in [0, 0.1) is 0 Å². The topological polar surface area (TPSA) is 38.5 Å². The summed E-state index contributed by atoms with van der Waals surface area (Å²) in [5, 5.41) is 0. The molecule has 2 N–H and O–H groups in total. The number of hydrogen-bond donors (Lipinski definition) is 1. The lowest BCUT2D eigenvalue weighted by molar-refractivity contribution is 0.154. The number of nitrogens with zero attached hydrogens (tertiary/aromatic N) is 1. The van der Waals surface area contributed by atoms with Crippen LogP contribution in [-0.4, -0.2) is 31.1 Å². The minimum absolute atomic E-state index is 0.314. The first-order valence-corrected chi connectivity index (χ1v) is 7.58. The summed E-state index contributed by atoms with van der Waals surface area (Å²) in [5.41, 5.74) is 8.83. The van der Waals surface area contributed by atoms with Gasteiger partial charge in [0.1, 0.15) is 12.4 Å². The monoisotopic (exact) mass is 282 g/mol. The summed E-state index contributed by atoms with van der Waals surface area (Å²) in [5.74, 6) is 0.930. The molecule has 2 aromatic rings. The molecule has 0 spiro atoms. The Morgan fingerprint density at radius 1 is 1.05 bits per heavy atom. The molecule has 0 bridgehead atoms. The van der Waals surface area contributed by atoms with Gasteiger partial charge < -0.3 is 10.5 Å². The van der Waals surface area contributed by atoms with E-state index in [1.54, 1.807) is 0 Å². The van der Waals surface area contributed by atoms with Crippen LogP contribution in [0.2, 0.25) is 0 Å². The third-order valence-electron chi connectivity index (χ3n) is 4.14. The molecular weight excluding hydrogens is 260 g/mol. The highest BCUT2D eigenvalue weighted by Gasteiger charge is 2.25.